The Labute approximate surface area is 169 Å². The summed E-state index contributed by atoms with van der Waals surface area (Å²) in [5, 5.41) is 2.72. The minimum Gasteiger partial charge on any atom is -0.487 e. The summed E-state index contributed by atoms with van der Waals surface area (Å²) in [6.07, 6.45) is 2.54. The lowest BCUT2D eigenvalue weighted by Gasteiger charge is -2.47. The lowest BCUT2D eigenvalue weighted by molar-refractivity contribution is -0.121. The fourth-order valence-electron chi connectivity index (χ4n) is 4.48. The van der Waals surface area contributed by atoms with Crippen molar-refractivity contribution in [2.24, 2.45) is 0 Å². The molecule has 2 aromatic carbocycles. The van der Waals surface area contributed by atoms with Gasteiger partial charge in [0.15, 0.2) is 0 Å². The second kappa shape index (κ2) is 7.85. The molecule has 0 saturated carbocycles. The van der Waals surface area contributed by atoms with Crippen molar-refractivity contribution >= 4 is 11.8 Å². The number of rotatable bonds is 3. The maximum Gasteiger partial charge on any atom is 0.253 e. The maximum atomic E-state index is 13.5. The highest BCUT2D eigenvalue weighted by atomic mass is 19.1. The molecule has 2 aliphatic heterocycles. The number of nitrogens with one attached hydrogen (secondary N) is 1. The van der Waals surface area contributed by atoms with Crippen LogP contribution in [0.25, 0.3) is 0 Å². The summed E-state index contributed by atoms with van der Waals surface area (Å²) in [6.45, 7) is 1.09. The molecule has 6 heteroatoms. The minimum atomic E-state index is -0.409. The highest BCUT2D eigenvalue weighted by Gasteiger charge is 2.44. The van der Waals surface area contributed by atoms with Gasteiger partial charge in [-0.3, -0.25) is 9.59 Å². The zero-order valence-corrected chi connectivity index (χ0v) is 16.5. The van der Waals surface area contributed by atoms with E-state index in [1.165, 1.54) is 12.1 Å². The SMILES string of the molecule is CNC(=O)C[C@H]1CC2(CCN(C(=O)c3cccc(F)c3)CC2)Oc2ccccc21. The van der Waals surface area contributed by atoms with Gasteiger partial charge in [0.05, 0.1) is 0 Å². The van der Waals surface area contributed by atoms with E-state index in [4.69, 9.17) is 4.74 Å². The van der Waals surface area contributed by atoms with Crippen LogP contribution in [0.5, 0.6) is 5.75 Å². The first-order chi connectivity index (χ1) is 14.0. The van der Waals surface area contributed by atoms with Crippen molar-refractivity contribution in [3.05, 3.63) is 65.5 Å². The Hall–Kier alpha value is -2.89. The number of fused-ring (bicyclic) bond motifs is 1. The summed E-state index contributed by atoms with van der Waals surface area (Å²) in [5.74, 6) is 0.370. The van der Waals surface area contributed by atoms with E-state index in [2.05, 4.69) is 5.32 Å². The highest BCUT2D eigenvalue weighted by Crippen LogP contribution is 2.46. The number of hydrogen-bond donors (Lipinski definition) is 1. The number of ether oxygens (including phenoxy) is 1. The van der Waals surface area contributed by atoms with Gasteiger partial charge in [-0.2, -0.15) is 0 Å². The number of benzene rings is 2. The molecule has 29 heavy (non-hydrogen) atoms. The van der Waals surface area contributed by atoms with E-state index in [1.54, 1.807) is 24.1 Å². The van der Waals surface area contributed by atoms with Crippen LogP contribution in [-0.4, -0.2) is 42.5 Å². The van der Waals surface area contributed by atoms with E-state index in [0.29, 0.717) is 37.9 Å². The highest BCUT2D eigenvalue weighted by molar-refractivity contribution is 5.94. The van der Waals surface area contributed by atoms with Crippen LogP contribution in [0.1, 0.15) is 47.5 Å². The topological polar surface area (TPSA) is 58.6 Å². The number of nitrogens with zero attached hydrogens (tertiary/aromatic N) is 1. The Morgan fingerprint density at radius 3 is 2.66 bits per heavy atom. The monoisotopic (exact) mass is 396 g/mol. The van der Waals surface area contributed by atoms with Crippen molar-refractivity contribution in [3.63, 3.8) is 0 Å². The van der Waals surface area contributed by atoms with Gasteiger partial charge in [0.1, 0.15) is 17.2 Å². The summed E-state index contributed by atoms with van der Waals surface area (Å²) in [7, 11) is 1.65. The number of para-hydroxylation sites is 1. The van der Waals surface area contributed by atoms with Gasteiger partial charge in [0.2, 0.25) is 5.91 Å². The van der Waals surface area contributed by atoms with Crippen LogP contribution in [0, 0.1) is 5.82 Å². The molecule has 1 saturated heterocycles. The van der Waals surface area contributed by atoms with Crippen molar-refractivity contribution in [2.45, 2.75) is 37.2 Å². The summed E-state index contributed by atoms with van der Waals surface area (Å²) >= 11 is 0. The molecular formula is C23H25FN2O3. The number of halogens is 1. The number of carbonyl (C=O) groups is 2. The van der Waals surface area contributed by atoms with Gasteiger partial charge < -0.3 is 15.0 Å². The quantitative estimate of drug-likeness (QED) is 0.864. The molecule has 2 aliphatic rings. The molecule has 1 atom stereocenters. The second-order valence-electron chi connectivity index (χ2n) is 7.90. The Morgan fingerprint density at radius 1 is 1.17 bits per heavy atom. The molecule has 1 N–H and O–H groups in total. The molecule has 152 valence electrons. The summed E-state index contributed by atoms with van der Waals surface area (Å²) in [6, 6.07) is 13.7. The average molecular weight is 396 g/mol. The smallest absolute Gasteiger partial charge is 0.253 e. The van der Waals surface area contributed by atoms with E-state index in [0.717, 1.165) is 17.7 Å². The maximum absolute atomic E-state index is 13.5. The molecule has 5 nitrogen and oxygen atoms in total. The fraction of sp³-hybridized carbons (Fsp3) is 0.391. The van der Waals surface area contributed by atoms with Gasteiger partial charge in [0, 0.05) is 50.9 Å². The van der Waals surface area contributed by atoms with E-state index >= 15 is 0 Å². The van der Waals surface area contributed by atoms with E-state index in [-0.39, 0.29) is 23.3 Å². The van der Waals surface area contributed by atoms with E-state index < -0.39 is 5.82 Å². The number of likely N-dealkylation sites (tertiary alicyclic amines) is 1. The Morgan fingerprint density at radius 2 is 1.93 bits per heavy atom. The van der Waals surface area contributed by atoms with Crippen LogP contribution in [0.2, 0.25) is 0 Å². The molecule has 0 unspecified atom stereocenters. The molecule has 2 amide bonds. The summed E-state index contributed by atoms with van der Waals surface area (Å²) in [4.78, 5) is 26.5. The third-order valence-electron chi connectivity index (χ3n) is 6.05. The van der Waals surface area contributed by atoms with Crippen LogP contribution in [0.15, 0.2) is 48.5 Å². The second-order valence-corrected chi connectivity index (χ2v) is 7.90. The van der Waals surface area contributed by atoms with Crippen molar-refractivity contribution in [1.29, 1.82) is 0 Å². The van der Waals surface area contributed by atoms with Crippen LogP contribution in [0.4, 0.5) is 4.39 Å². The molecule has 4 rings (SSSR count). The van der Waals surface area contributed by atoms with Gasteiger partial charge in [0.25, 0.3) is 5.91 Å². The first-order valence-corrected chi connectivity index (χ1v) is 10.0. The molecule has 0 radical (unpaired) electrons. The predicted octanol–water partition coefficient (Wildman–Crippen LogP) is 3.50. The van der Waals surface area contributed by atoms with E-state index in [9.17, 15) is 14.0 Å². The molecule has 0 aliphatic carbocycles. The lowest BCUT2D eigenvalue weighted by Crippen LogP contribution is -2.52. The Balaban J connectivity index is 1.50. The van der Waals surface area contributed by atoms with Crippen LogP contribution >= 0.6 is 0 Å². The third-order valence-corrected chi connectivity index (χ3v) is 6.05. The molecule has 0 bridgehead atoms. The van der Waals surface area contributed by atoms with Gasteiger partial charge in [-0.15, -0.1) is 0 Å². The number of carbonyl (C=O) groups excluding carboxylic acids is 2. The Bertz CT molecular complexity index is 922. The normalized spacial score (nSPS) is 19.9. The van der Waals surface area contributed by atoms with E-state index in [1.807, 2.05) is 24.3 Å². The predicted molar refractivity (Wildman–Crippen MR) is 107 cm³/mol. The zero-order valence-electron chi connectivity index (χ0n) is 16.5. The zero-order chi connectivity index (χ0) is 20.4. The summed E-state index contributed by atoms with van der Waals surface area (Å²) in [5.41, 5.74) is 1.06. The molecule has 0 aromatic heterocycles. The molecule has 1 fully saturated rings. The molecular weight excluding hydrogens is 371 g/mol. The van der Waals surface area contributed by atoms with Crippen molar-refractivity contribution in [1.82, 2.24) is 10.2 Å². The van der Waals surface area contributed by atoms with Crippen LogP contribution in [-0.2, 0) is 4.79 Å². The van der Waals surface area contributed by atoms with Crippen LogP contribution in [0.3, 0.4) is 0 Å². The first-order valence-electron chi connectivity index (χ1n) is 10.0. The largest absolute Gasteiger partial charge is 0.487 e. The standard InChI is InChI=1S/C23H25FN2O3/c1-25-21(27)14-17-15-23(29-20-8-3-2-7-19(17)20)9-11-26(12-10-23)22(28)16-5-4-6-18(24)13-16/h2-8,13,17H,9-12,14-15H2,1H3,(H,25,27)/t17-/m0/s1. The fourth-order valence-corrected chi connectivity index (χ4v) is 4.48. The number of piperidine rings is 1. The van der Waals surface area contributed by atoms with Crippen molar-refractivity contribution in [2.75, 3.05) is 20.1 Å². The third kappa shape index (κ3) is 3.97. The van der Waals surface area contributed by atoms with Gasteiger partial charge in [-0.1, -0.05) is 24.3 Å². The number of hydrogen-bond acceptors (Lipinski definition) is 3. The van der Waals surface area contributed by atoms with Crippen molar-refractivity contribution in [3.8, 4) is 5.75 Å². The molecule has 2 heterocycles. The molecule has 2 aromatic rings. The number of amides is 2. The van der Waals surface area contributed by atoms with Gasteiger partial charge >= 0.3 is 0 Å². The average Bonchev–Trinajstić information content (AvgIpc) is 2.73. The van der Waals surface area contributed by atoms with Gasteiger partial charge in [-0.25, -0.2) is 4.39 Å². The van der Waals surface area contributed by atoms with Crippen LogP contribution < -0.4 is 10.1 Å². The Kier molecular flexibility index (Phi) is 5.26. The lowest BCUT2D eigenvalue weighted by atomic mass is 9.76. The minimum absolute atomic E-state index is 0.0144. The molecule has 1 spiro atoms. The van der Waals surface area contributed by atoms with Gasteiger partial charge in [-0.05, 0) is 36.2 Å². The summed E-state index contributed by atoms with van der Waals surface area (Å²) < 4.78 is 19.9. The van der Waals surface area contributed by atoms with Crippen molar-refractivity contribution < 1.29 is 18.7 Å². The first kappa shape index (κ1) is 19.4.